The average molecular weight is 403 g/mol. The number of para-hydroxylation sites is 1. The van der Waals surface area contributed by atoms with Crippen molar-refractivity contribution in [3.63, 3.8) is 0 Å². The zero-order valence-corrected chi connectivity index (χ0v) is 17.5. The molecule has 4 aromatic rings. The summed E-state index contributed by atoms with van der Waals surface area (Å²) in [7, 11) is 5.87. The Morgan fingerprint density at radius 3 is 2.57 bits per heavy atom. The third kappa shape index (κ3) is 4.17. The normalized spacial score (nSPS) is 12.4. The van der Waals surface area contributed by atoms with Crippen LogP contribution in [0.25, 0.3) is 16.8 Å². The lowest BCUT2D eigenvalue weighted by Gasteiger charge is -2.26. The minimum absolute atomic E-state index is 0.172. The molecule has 0 fully saturated rings. The van der Waals surface area contributed by atoms with E-state index in [1.54, 1.807) is 11.6 Å². The fraction of sp³-hybridized carbons (Fsp3) is 0.261. The fourth-order valence-electron chi connectivity index (χ4n) is 3.69. The summed E-state index contributed by atoms with van der Waals surface area (Å²) in [6.45, 7) is 1.42. The molecule has 0 saturated carbocycles. The molecule has 0 aliphatic rings. The molecule has 0 saturated heterocycles. The summed E-state index contributed by atoms with van der Waals surface area (Å²) in [5, 5.41) is 15.7. The molecule has 1 N–H and O–H groups in total. The van der Waals surface area contributed by atoms with Crippen LogP contribution in [0.3, 0.4) is 0 Å². The molecule has 4 rings (SSSR count). The van der Waals surface area contributed by atoms with Crippen LogP contribution < -0.4 is 10.1 Å². The molecule has 0 unspecified atom stereocenters. The van der Waals surface area contributed by atoms with Gasteiger partial charge in [-0.3, -0.25) is 0 Å². The molecule has 0 amide bonds. The third-order valence-electron chi connectivity index (χ3n) is 5.25. The molecular formula is C23H26N6O. The minimum Gasteiger partial charge on any atom is -0.496 e. The molecule has 1 atom stereocenters. The minimum atomic E-state index is 0.172. The summed E-state index contributed by atoms with van der Waals surface area (Å²) in [4.78, 5) is 2.19. The van der Waals surface area contributed by atoms with Gasteiger partial charge in [0.25, 0.3) is 0 Å². The quantitative estimate of drug-likeness (QED) is 0.488. The van der Waals surface area contributed by atoms with Gasteiger partial charge in [0.2, 0.25) is 0 Å². The Labute approximate surface area is 176 Å². The van der Waals surface area contributed by atoms with Crippen LogP contribution in [0.1, 0.15) is 17.2 Å². The number of rotatable bonds is 8. The molecule has 2 heterocycles. The number of hydrogen-bond acceptors (Lipinski definition) is 6. The predicted molar refractivity (Wildman–Crippen MR) is 117 cm³/mol. The number of methoxy groups -OCH3 is 1. The highest BCUT2D eigenvalue weighted by molar-refractivity contribution is 5.66. The maximum atomic E-state index is 5.57. The van der Waals surface area contributed by atoms with Crippen molar-refractivity contribution in [2.24, 2.45) is 0 Å². The first-order valence-corrected chi connectivity index (χ1v) is 9.93. The number of ether oxygens (including phenoxy) is 1. The fourth-order valence-corrected chi connectivity index (χ4v) is 3.69. The van der Waals surface area contributed by atoms with Gasteiger partial charge in [0.05, 0.1) is 13.2 Å². The van der Waals surface area contributed by atoms with Crippen LogP contribution in [0.5, 0.6) is 5.75 Å². The Bertz CT molecular complexity index is 1110. The molecule has 7 nitrogen and oxygen atoms in total. The summed E-state index contributed by atoms with van der Waals surface area (Å²) >= 11 is 0. The second kappa shape index (κ2) is 9.02. The average Bonchev–Trinajstić information content (AvgIpc) is 3.26. The summed E-state index contributed by atoms with van der Waals surface area (Å²) in [5.41, 5.74) is 5.20. The number of nitrogens with zero attached hydrogens (tertiary/aromatic N) is 5. The number of tetrazole rings is 1. The molecule has 0 bridgehead atoms. The number of benzene rings is 2. The van der Waals surface area contributed by atoms with Crippen molar-refractivity contribution in [2.45, 2.75) is 12.6 Å². The first-order valence-electron chi connectivity index (χ1n) is 9.93. The van der Waals surface area contributed by atoms with Gasteiger partial charge in [-0.2, -0.15) is 4.52 Å². The molecule has 0 aliphatic carbocycles. The number of nitrogens with one attached hydrogen (secondary N) is 1. The van der Waals surface area contributed by atoms with Gasteiger partial charge in [0.1, 0.15) is 5.75 Å². The van der Waals surface area contributed by atoms with Crippen LogP contribution in [0.15, 0.2) is 66.9 Å². The van der Waals surface area contributed by atoms with E-state index in [-0.39, 0.29) is 6.04 Å². The van der Waals surface area contributed by atoms with E-state index in [0.29, 0.717) is 6.54 Å². The Kier molecular flexibility index (Phi) is 6.02. The first kappa shape index (κ1) is 20.0. The maximum Gasteiger partial charge on any atom is 0.183 e. The van der Waals surface area contributed by atoms with Gasteiger partial charge in [-0.05, 0) is 42.2 Å². The molecule has 2 aromatic carbocycles. The smallest absolute Gasteiger partial charge is 0.183 e. The molecule has 154 valence electrons. The standard InChI is InChI=1S/C23H26N6O/c1-28(2)21(20-11-7-8-12-22(20)30-3)15-24-14-18-13-19(17-9-5-4-6-10-17)16-29-23(18)25-26-27-29/h4-13,16,21,24H,14-15H2,1-3H3/t21-/m0/s1. The maximum absolute atomic E-state index is 5.57. The van der Waals surface area contributed by atoms with Gasteiger partial charge >= 0.3 is 0 Å². The van der Waals surface area contributed by atoms with Crippen molar-refractivity contribution in [1.29, 1.82) is 0 Å². The molecule has 2 aromatic heterocycles. The number of aromatic nitrogens is 4. The van der Waals surface area contributed by atoms with Gasteiger partial charge in [0.15, 0.2) is 5.65 Å². The summed E-state index contributed by atoms with van der Waals surface area (Å²) in [6.07, 6.45) is 1.96. The zero-order valence-electron chi connectivity index (χ0n) is 17.5. The van der Waals surface area contributed by atoms with E-state index in [1.165, 1.54) is 0 Å². The van der Waals surface area contributed by atoms with Crippen LogP contribution in [-0.4, -0.2) is 52.7 Å². The van der Waals surface area contributed by atoms with Crippen LogP contribution in [0, 0.1) is 0 Å². The van der Waals surface area contributed by atoms with E-state index >= 15 is 0 Å². The van der Waals surface area contributed by atoms with Crippen LogP contribution in [-0.2, 0) is 6.54 Å². The van der Waals surface area contributed by atoms with E-state index < -0.39 is 0 Å². The predicted octanol–water partition coefficient (Wildman–Crippen LogP) is 3.19. The molecular weight excluding hydrogens is 376 g/mol. The molecule has 0 spiro atoms. The first-order chi connectivity index (χ1) is 14.7. The van der Waals surface area contributed by atoms with Crippen molar-refractivity contribution >= 4 is 5.65 Å². The molecule has 0 radical (unpaired) electrons. The van der Waals surface area contributed by atoms with Gasteiger partial charge < -0.3 is 15.0 Å². The van der Waals surface area contributed by atoms with E-state index in [0.717, 1.165) is 40.2 Å². The second-order valence-electron chi connectivity index (χ2n) is 7.42. The van der Waals surface area contributed by atoms with Gasteiger partial charge in [-0.25, -0.2) is 0 Å². The Morgan fingerprint density at radius 2 is 1.80 bits per heavy atom. The summed E-state index contributed by atoms with van der Waals surface area (Å²) < 4.78 is 7.31. The van der Waals surface area contributed by atoms with Crippen LogP contribution in [0.4, 0.5) is 0 Å². The monoisotopic (exact) mass is 402 g/mol. The third-order valence-corrected chi connectivity index (χ3v) is 5.25. The number of likely N-dealkylation sites (N-methyl/N-ethyl adjacent to an activating group) is 1. The number of pyridine rings is 1. The van der Waals surface area contributed by atoms with E-state index in [1.807, 2.05) is 42.6 Å². The molecule has 7 heteroatoms. The highest BCUT2D eigenvalue weighted by Gasteiger charge is 2.18. The molecule has 0 aliphatic heterocycles. The number of hydrogen-bond donors (Lipinski definition) is 1. The number of fused-ring (bicyclic) bond motifs is 1. The van der Waals surface area contributed by atoms with E-state index in [4.69, 9.17) is 4.74 Å². The Hall–Kier alpha value is -3.29. The highest BCUT2D eigenvalue weighted by Crippen LogP contribution is 2.27. The van der Waals surface area contributed by atoms with Crippen LogP contribution >= 0.6 is 0 Å². The lowest BCUT2D eigenvalue weighted by Crippen LogP contribution is -2.31. The summed E-state index contributed by atoms with van der Waals surface area (Å²) in [6, 6.07) is 20.7. The lowest BCUT2D eigenvalue weighted by atomic mass is 10.0. The van der Waals surface area contributed by atoms with Gasteiger partial charge in [0, 0.05) is 36.0 Å². The van der Waals surface area contributed by atoms with Gasteiger partial charge in [-0.15, -0.1) is 5.10 Å². The lowest BCUT2D eigenvalue weighted by molar-refractivity contribution is 0.279. The van der Waals surface area contributed by atoms with Crippen molar-refractivity contribution < 1.29 is 4.74 Å². The highest BCUT2D eigenvalue weighted by atomic mass is 16.5. The van der Waals surface area contributed by atoms with Crippen molar-refractivity contribution in [3.8, 4) is 16.9 Å². The van der Waals surface area contributed by atoms with Crippen molar-refractivity contribution in [1.82, 2.24) is 30.3 Å². The zero-order chi connectivity index (χ0) is 20.9. The Morgan fingerprint density at radius 1 is 1.03 bits per heavy atom. The van der Waals surface area contributed by atoms with E-state index in [2.05, 4.69) is 64.1 Å². The topological polar surface area (TPSA) is 67.6 Å². The Balaban J connectivity index is 1.56. The summed E-state index contributed by atoms with van der Waals surface area (Å²) in [5.74, 6) is 0.896. The second-order valence-corrected chi connectivity index (χ2v) is 7.42. The van der Waals surface area contributed by atoms with Crippen LogP contribution in [0.2, 0.25) is 0 Å². The SMILES string of the molecule is COc1ccccc1[C@H](CNCc1cc(-c2ccccc2)cn2nnnc12)N(C)C. The largest absolute Gasteiger partial charge is 0.496 e. The molecule has 30 heavy (non-hydrogen) atoms. The van der Waals surface area contributed by atoms with Crippen molar-refractivity contribution in [3.05, 3.63) is 78.0 Å². The van der Waals surface area contributed by atoms with Gasteiger partial charge in [-0.1, -0.05) is 48.5 Å². The van der Waals surface area contributed by atoms with Crippen molar-refractivity contribution in [2.75, 3.05) is 27.7 Å². The van der Waals surface area contributed by atoms with E-state index in [9.17, 15) is 0 Å².